The predicted molar refractivity (Wildman–Crippen MR) is 62.3 cm³/mol. The Labute approximate surface area is 98.7 Å². The summed E-state index contributed by atoms with van der Waals surface area (Å²) in [6, 6.07) is 3.99. The summed E-state index contributed by atoms with van der Waals surface area (Å²) in [4.78, 5) is 5.17. The van der Waals surface area contributed by atoms with E-state index in [-0.39, 0.29) is 12.4 Å². The Balaban J connectivity index is 0.00000112. The number of thioether (sulfide) groups is 1. The summed E-state index contributed by atoms with van der Waals surface area (Å²) >= 11 is 1.75. The van der Waals surface area contributed by atoms with Gasteiger partial charge in [-0.05, 0) is 19.1 Å². The van der Waals surface area contributed by atoms with Gasteiger partial charge in [0.1, 0.15) is 5.76 Å². The first kappa shape index (κ1) is 12.1. The Bertz CT molecular complexity index is 405. The largest absolute Gasteiger partial charge is 0.361 e. The third kappa shape index (κ3) is 3.25. The second-order valence-electron chi connectivity index (χ2n) is 2.88. The lowest BCUT2D eigenvalue weighted by atomic mass is 10.3. The predicted octanol–water partition coefficient (Wildman–Crippen LogP) is 3.09. The molecule has 15 heavy (non-hydrogen) atoms. The first-order valence-electron chi connectivity index (χ1n) is 4.29. The van der Waals surface area contributed by atoms with Gasteiger partial charge >= 0.3 is 0 Å². The molecule has 0 aliphatic heterocycles. The van der Waals surface area contributed by atoms with Crippen LogP contribution in [-0.4, -0.2) is 10.1 Å². The van der Waals surface area contributed by atoms with Crippen molar-refractivity contribution < 1.29 is 4.52 Å². The number of nitrogens with zero attached hydrogens (tertiary/aromatic N) is 2. The van der Waals surface area contributed by atoms with Crippen LogP contribution in [0.25, 0.3) is 0 Å². The van der Waals surface area contributed by atoms with Crippen molar-refractivity contribution in [1.82, 2.24) is 10.1 Å². The number of hydrogen-bond acceptors (Lipinski definition) is 4. The van der Waals surface area contributed by atoms with Crippen molar-refractivity contribution in [3.8, 4) is 0 Å². The molecule has 0 saturated carbocycles. The lowest BCUT2D eigenvalue weighted by Gasteiger charge is -1.98. The molecule has 2 rings (SSSR count). The molecule has 80 valence electrons. The van der Waals surface area contributed by atoms with E-state index in [1.54, 1.807) is 30.4 Å². The number of halogens is 1. The molecule has 0 aromatic carbocycles. The van der Waals surface area contributed by atoms with Crippen molar-refractivity contribution in [1.29, 1.82) is 0 Å². The van der Waals surface area contributed by atoms with Gasteiger partial charge in [0, 0.05) is 28.6 Å². The Morgan fingerprint density at radius 3 is 2.67 bits per heavy atom. The van der Waals surface area contributed by atoms with Gasteiger partial charge in [0.15, 0.2) is 0 Å². The van der Waals surface area contributed by atoms with Crippen LogP contribution in [0.4, 0.5) is 0 Å². The first-order chi connectivity index (χ1) is 6.86. The van der Waals surface area contributed by atoms with E-state index in [1.165, 1.54) is 4.90 Å². The summed E-state index contributed by atoms with van der Waals surface area (Å²) in [5, 5.41) is 3.73. The molecule has 0 bridgehead atoms. The quantitative estimate of drug-likeness (QED) is 0.776. The average molecular weight is 243 g/mol. The molecule has 0 spiro atoms. The van der Waals surface area contributed by atoms with Gasteiger partial charge < -0.3 is 4.52 Å². The van der Waals surface area contributed by atoms with Gasteiger partial charge in [-0.1, -0.05) is 5.16 Å². The molecule has 3 nitrogen and oxygen atoms in total. The van der Waals surface area contributed by atoms with E-state index in [0.29, 0.717) is 0 Å². The van der Waals surface area contributed by atoms with Crippen LogP contribution >= 0.6 is 24.2 Å². The van der Waals surface area contributed by atoms with Crippen molar-refractivity contribution in [3.63, 3.8) is 0 Å². The third-order valence-electron chi connectivity index (χ3n) is 1.89. The number of rotatable bonds is 3. The Morgan fingerprint density at radius 2 is 2.07 bits per heavy atom. The zero-order chi connectivity index (χ0) is 9.80. The molecule has 0 saturated heterocycles. The van der Waals surface area contributed by atoms with E-state index in [2.05, 4.69) is 10.1 Å². The highest BCUT2D eigenvalue weighted by atomic mass is 35.5. The zero-order valence-corrected chi connectivity index (χ0v) is 9.85. The molecule has 2 heterocycles. The zero-order valence-electron chi connectivity index (χ0n) is 8.21. The Morgan fingerprint density at radius 1 is 1.33 bits per heavy atom. The monoisotopic (exact) mass is 242 g/mol. The van der Waals surface area contributed by atoms with Crippen LogP contribution in [0.15, 0.2) is 40.1 Å². The van der Waals surface area contributed by atoms with Crippen molar-refractivity contribution >= 4 is 24.2 Å². The molecule has 0 radical (unpaired) electrons. The lowest BCUT2D eigenvalue weighted by molar-refractivity contribution is 0.396. The van der Waals surface area contributed by atoms with E-state index in [4.69, 9.17) is 4.52 Å². The number of aromatic nitrogens is 2. The molecular weight excluding hydrogens is 232 g/mol. The molecule has 0 aliphatic carbocycles. The van der Waals surface area contributed by atoms with Gasteiger partial charge in [-0.15, -0.1) is 24.2 Å². The maximum atomic E-state index is 4.98. The van der Waals surface area contributed by atoms with E-state index in [9.17, 15) is 0 Å². The second kappa shape index (κ2) is 5.78. The fourth-order valence-electron chi connectivity index (χ4n) is 1.05. The summed E-state index contributed by atoms with van der Waals surface area (Å²) in [6.07, 6.45) is 5.36. The fraction of sp³-hybridized carbons (Fsp3) is 0.200. The third-order valence-corrected chi connectivity index (χ3v) is 2.96. The minimum absolute atomic E-state index is 0. The van der Waals surface area contributed by atoms with Gasteiger partial charge in [-0.3, -0.25) is 4.98 Å². The van der Waals surface area contributed by atoms with Crippen LogP contribution in [0.2, 0.25) is 0 Å². The Kier molecular flexibility index (Phi) is 4.65. The second-order valence-corrected chi connectivity index (χ2v) is 3.93. The highest BCUT2D eigenvalue weighted by molar-refractivity contribution is 7.98. The normalized spacial score (nSPS) is 9.67. The molecule has 0 aliphatic rings. The van der Waals surface area contributed by atoms with Crippen molar-refractivity contribution in [2.75, 3.05) is 0 Å². The summed E-state index contributed by atoms with van der Waals surface area (Å²) in [5.74, 6) is 1.78. The highest BCUT2D eigenvalue weighted by Crippen LogP contribution is 2.22. The maximum Gasteiger partial charge on any atom is 0.137 e. The molecule has 0 amide bonds. The summed E-state index contributed by atoms with van der Waals surface area (Å²) < 4.78 is 4.98. The van der Waals surface area contributed by atoms with Crippen LogP contribution in [0, 0.1) is 6.92 Å². The standard InChI is InChI=1S/C10H10N2OS.ClH/c1-8-9(6-12-13-8)7-14-10-2-4-11-5-3-10;/h2-6H,7H2,1H3;1H. The number of aryl methyl sites for hydroxylation is 1. The van der Waals surface area contributed by atoms with Gasteiger partial charge in [-0.25, -0.2) is 0 Å². The SMILES string of the molecule is Cc1oncc1CSc1ccncc1.Cl. The van der Waals surface area contributed by atoms with Crippen LogP contribution < -0.4 is 0 Å². The Hall–Kier alpha value is -1.00. The van der Waals surface area contributed by atoms with Gasteiger partial charge in [-0.2, -0.15) is 0 Å². The highest BCUT2D eigenvalue weighted by Gasteiger charge is 2.02. The van der Waals surface area contributed by atoms with Crippen LogP contribution in [0.1, 0.15) is 11.3 Å². The topological polar surface area (TPSA) is 38.9 Å². The van der Waals surface area contributed by atoms with Crippen molar-refractivity contribution in [2.45, 2.75) is 17.6 Å². The average Bonchev–Trinajstić information content (AvgIpc) is 2.63. The summed E-state index contributed by atoms with van der Waals surface area (Å²) in [7, 11) is 0. The van der Waals surface area contributed by atoms with E-state index < -0.39 is 0 Å². The molecule has 0 fully saturated rings. The maximum absolute atomic E-state index is 4.98. The van der Waals surface area contributed by atoms with Gasteiger partial charge in [0.25, 0.3) is 0 Å². The molecule has 2 aromatic rings. The van der Waals surface area contributed by atoms with Crippen LogP contribution in [0.5, 0.6) is 0 Å². The molecule has 5 heteroatoms. The summed E-state index contributed by atoms with van der Waals surface area (Å²) in [6.45, 7) is 1.93. The van der Waals surface area contributed by atoms with E-state index >= 15 is 0 Å². The molecule has 0 unspecified atom stereocenters. The minimum atomic E-state index is 0. The van der Waals surface area contributed by atoms with Crippen molar-refractivity contribution in [3.05, 3.63) is 42.0 Å². The van der Waals surface area contributed by atoms with Gasteiger partial charge in [0.05, 0.1) is 6.20 Å². The number of hydrogen-bond donors (Lipinski definition) is 0. The molecule has 0 N–H and O–H groups in total. The molecule has 2 aromatic heterocycles. The van der Waals surface area contributed by atoms with Crippen LogP contribution in [-0.2, 0) is 5.75 Å². The fourth-order valence-corrected chi connectivity index (χ4v) is 1.97. The van der Waals surface area contributed by atoms with Gasteiger partial charge in [0.2, 0.25) is 0 Å². The number of pyridine rings is 1. The first-order valence-corrected chi connectivity index (χ1v) is 5.28. The molecular formula is C10H11ClN2OS. The van der Waals surface area contributed by atoms with E-state index in [0.717, 1.165) is 17.1 Å². The van der Waals surface area contributed by atoms with E-state index in [1.807, 2.05) is 19.1 Å². The molecule has 0 atom stereocenters. The van der Waals surface area contributed by atoms with Crippen LogP contribution in [0.3, 0.4) is 0 Å². The smallest absolute Gasteiger partial charge is 0.137 e. The minimum Gasteiger partial charge on any atom is -0.361 e. The van der Waals surface area contributed by atoms with Crippen molar-refractivity contribution in [2.24, 2.45) is 0 Å². The lowest BCUT2D eigenvalue weighted by Crippen LogP contribution is -1.80. The summed E-state index contributed by atoms with van der Waals surface area (Å²) in [5.41, 5.74) is 1.15.